The van der Waals surface area contributed by atoms with Crippen LogP contribution in [0.4, 0.5) is 5.69 Å². The van der Waals surface area contributed by atoms with Gasteiger partial charge in [-0.15, -0.1) is 0 Å². The Morgan fingerprint density at radius 2 is 1.75 bits per heavy atom. The average Bonchev–Trinajstić information content (AvgIpc) is 3.18. The van der Waals surface area contributed by atoms with Gasteiger partial charge in [0, 0.05) is 18.0 Å². The Bertz CT molecular complexity index is 1260. The molecule has 2 N–H and O–H groups in total. The van der Waals surface area contributed by atoms with E-state index in [4.69, 9.17) is 0 Å². The fourth-order valence-electron chi connectivity index (χ4n) is 3.61. The predicted octanol–water partition coefficient (Wildman–Crippen LogP) is 3.83. The van der Waals surface area contributed by atoms with E-state index in [1.165, 1.54) is 0 Å². The van der Waals surface area contributed by atoms with Crippen molar-refractivity contribution >= 4 is 22.5 Å². The van der Waals surface area contributed by atoms with Crippen molar-refractivity contribution in [1.29, 1.82) is 0 Å². The largest absolute Gasteiger partial charge is 0.351 e. The van der Waals surface area contributed by atoms with Crippen molar-refractivity contribution in [2.24, 2.45) is 7.05 Å². The fraction of sp³-hybridized carbons (Fsp3) is 0.182. The maximum Gasteiger partial charge on any atom is 0.295 e. The molecule has 0 saturated carbocycles. The van der Waals surface area contributed by atoms with Crippen molar-refractivity contribution in [3.05, 3.63) is 81.4 Å². The van der Waals surface area contributed by atoms with E-state index in [9.17, 15) is 9.59 Å². The summed E-state index contributed by atoms with van der Waals surface area (Å²) in [5.41, 5.74) is 5.02. The summed E-state index contributed by atoms with van der Waals surface area (Å²) in [5.74, 6) is -0.334. The third-order valence-corrected chi connectivity index (χ3v) is 5.13. The number of nitrogens with zero attached hydrogens (tertiary/aromatic N) is 2. The first-order valence-electron chi connectivity index (χ1n) is 9.12. The minimum Gasteiger partial charge on any atom is -0.351 e. The van der Waals surface area contributed by atoms with Gasteiger partial charge in [-0.3, -0.25) is 14.3 Å². The molecule has 0 aliphatic carbocycles. The first-order valence-corrected chi connectivity index (χ1v) is 9.12. The molecule has 0 aliphatic rings. The highest BCUT2D eigenvalue weighted by Gasteiger charge is 2.20. The number of anilines is 1. The molecule has 0 fully saturated rings. The number of carbonyl (C=O) groups excluding carboxylic acids is 1. The van der Waals surface area contributed by atoms with Gasteiger partial charge in [0.25, 0.3) is 11.5 Å². The van der Waals surface area contributed by atoms with E-state index in [2.05, 4.69) is 16.4 Å². The third kappa shape index (κ3) is 2.83. The molecule has 2 aromatic heterocycles. The molecule has 0 aliphatic heterocycles. The molecule has 6 heteroatoms. The molecule has 0 spiro atoms. The number of fused-ring (bicyclic) bond motifs is 1. The minimum atomic E-state index is -0.334. The summed E-state index contributed by atoms with van der Waals surface area (Å²) in [6.07, 6.45) is 0. The number of aromatic amines is 1. The Balaban J connectivity index is 1.73. The molecular weight excluding hydrogens is 352 g/mol. The lowest BCUT2D eigenvalue weighted by Gasteiger charge is -2.07. The van der Waals surface area contributed by atoms with Crippen LogP contribution < -0.4 is 10.9 Å². The summed E-state index contributed by atoms with van der Waals surface area (Å²) in [6.45, 7) is 5.85. The number of hydrogen-bond acceptors (Lipinski definition) is 2. The Kier molecular flexibility index (Phi) is 4.19. The molecule has 0 radical (unpaired) electrons. The Morgan fingerprint density at radius 3 is 2.46 bits per heavy atom. The fourth-order valence-corrected chi connectivity index (χ4v) is 3.61. The van der Waals surface area contributed by atoms with Crippen molar-refractivity contribution < 1.29 is 4.79 Å². The second-order valence-corrected chi connectivity index (χ2v) is 7.12. The van der Waals surface area contributed by atoms with Gasteiger partial charge < -0.3 is 10.3 Å². The number of hydrogen-bond donors (Lipinski definition) is 2. The molecule has 0 bridgehead atoms. The summed E-state index contributed by atoms with van der Waals surface area (Å²) in [7, 11) is 1.80. The van der Waals surface area contributed by atoms with Crippen LogP contribution in [0.25, 0.3) is 16.6 Å². The zero-order valence-corrected chi connectivity index (χ0v) is 16.3. The van der Waals surface area contributed by atoms with Gasteiger partial charge in [0.15, 0.2) is 0 Å². The summed E-state index contributed by atoms with van der Waals surface area (Å²) < 4.78 is 3.29. The molecule has 6 nitrogen and oxygen atoms in total. The number of rotatable bonds is 3. The van der Waals surface area contributed by atoms with Crippen LogP contribution in [0.15, 0.2) is 53.3 Å². The molecule has 4 rings (SSSR count). The van der Waals surface area contributed by atoms with E-state index >= 15 is 0 Å². The van der Waals surface area contributed by atoms with Crippen LogP contribution >= 0.6 is 0 Å². The van der Waals surface area contributed by atoms with Crippen molar-refractivity contribution in [3.63, 3.8) is 0 Å². The summed E-state index contributed by atoms with van der Waals surface area (Å²) in [6, 6.07) is 15.3. The first-order chi connectivity index (χ1) is 13.4. The quantitative estimate of drug-likeness (QED) is 0.572. The maximum atomic E-state index is 13.0. The first kappa shape index (κ1) is 17.9. The van der Waals surface area contributed by atoms with Crippen LogP contribution in [0, 0.1) is 20.8 Å². The number of para-hydroxylation sites is 1. The molecule has 0 atom stereocenters. The number of amides is 1. The van der Waals surface area contributed by atoms with Gasteiger partial charge in [-0.05, 0) is 56.2 Å². The SMILES string of the molecule is Cc1cc(C)c2cc(C(=O)Nc3c(C)n(C)n(-c4ccccc4)c3=O)[nH]c2c1. The van der Waals surface area contributed by atoms with E-state index in [1.807, 2.05) is 63.2 Å². The van der Waals surface area contributed by atoms with Crippen molar-refractivity contribution in [2.45, 2.75) is 20.8 Å². The molecule has 0 unspecified atom stereocenters. The van der Waals surface area contributed by atoms with Gasteiger partial charge in [-0.2, -0.15) is 0 Å². The van der Waals surface area contributed by atoms with E-state index < -0.39 is 0 Å². The third-order valence-electron chi connectivity index (χ3n) is 5.13. The van der Waals surface area contributed by atoms with Gasteiger partial charge in [-0.25, -0.2) is 4.68 Å². The Morgan fingerprint density at radius 1 is 1.04 bits per heavy atom. The molecule has 2 heterocycles. The number of nitrogens with one attached hydrogen (secondary N) is 2. The number of aryl methyl sites for hydroxylation is 2. The Hall–Kier alpha value is -3.54. The number of H-pyrrole nitrogens is 1. The van der Waals surface area contributed by atoms with Crippen LogP contribution in [-0.4, -0.2) is 20.3 Å². The Labute approximate surface area is 162 Å². The molecule has 1 amide bonds. The molecule has 0 saturated heterocycles. The predicted molar refractivity (Wildman–Crippen MR) is 111 cm³/mol. The lowest BCUT2D eigenvalue weighted by atomic mass is 10.1. The lowest BCUT2D eigenvalue weighted by Crippen LogP contribution is -2.23. The van der Waals surface area contributed by atoms with Gasteiger partial charge in [0.05, 0.1) is 11.4 Å². The van der Waals surface area contributed by atoms with Crippen LogP contribution in [0.3, 0.4) is 0 Å². The number of carbonyl (C=O) groups is 1. The van der Waals surface area contributed by atoms with Crippen molar-refractivity contribution in [1.82, 2.24) is 14.3 Å². The van der Waals surface area contributed by atoms with Crippen LogP contribution in [0.5, 0.6) is 0 Å². The number of aromatic nitrogens is 3. The van der Waals surface area contributed by atoms with Crippen LogP contribution in [-0.2, 0) is 7.05 Å². The normalized spacial score (nSPS) is 11.1. The van der Waals surface area contributed by atoms with Gasteiger partial charge >= 0.3 is 0 Å². The maximum absolute atomic E-state index is 13.0. The smallest absolute Gasteiger partial charge is 0.295 e. The van der Waals surface area contributed by atoms with E-state index in [0.717, 1.165) is 27.7 Å². The molecular formula is C22H22N4O2. The van der Waals surface area contributed by atoms with E-state index in [-0.39, 0.29) is 17.2 Å². The average molecular weight is 374 g/mol. The highest BCUT2D eigenvalue weighted by molar-refractivity contribution is 6.06. The molecule has 28 heavy (non-hydrogen) atoms. The zero-order chi connectivity index (χ0) is 20.0. The zero-order valence-electron chi connectivity index (χ0n) is 16.3. The summed E-state index contributed by atoms with van der Waals surface area (Å²) >= 11 is 0. The molecule has 2 aromatic carbocycles. The van der Waals surface area contributed by atoms with Crippen LogP contribution in [0.1, 0.15) is 27.3 Å². The second-order valence-electron chi connectivity index (χ2n) is 7.12. The standard InChI is InChI=1S/C22H22N4O2/c1-13-10-14(2)17-12-19(23-18(17)11-13)21(27)24-20-15(3)25(4)26(22(20)28)16-8-6-5-7-9-16/h5-12,23H,1-4H3,(H,24,27). The van der Waals surface area contributed by atoms with Crippen molar-refractivity contribution in [3.8, 4) is 5.69 Å². The van der Waals surface area contributed by atoms with Crippen LogP contribution in [0.2, 0.25) is 0 Å². The lowest BCUT2D eigenvalue weighted by molar-refractivity contribution is 0.102. The van der Waals surface area contributed by atoms with Gasteiger partial charge in [-0.1, -0.05) is 24.3 Å². The molecule has 142 valence electrons. The van der Waals surface area contributed by atoms with Gasteiger partial charge in [0.1, 0.15) is 11.4 Å². The number of benzene rings is 2. The van der Waals surface area contributed by atoms with Crippen molar-refractivity contribution in [2.75, 3.05) is 5.32 Å². The highest BCUT2D eigenvalue weighted by Crippen LogP contribution is 2.22. The summed E-state index contributed by atoms with van der Waals surface area (Å²) in [5, 5.41) is 3.80. The van der Waals surface area contributed by atoms with E-state index in [1.54, 1.807) is 16.4 Å². The second kappa shape index (κ2) is 6.56. The highest BCUT2D eigenvalue weighted by atomic mass is 16.2. The monoisotopic (exact) mass is 374 g/mol. The molecule has 4 aromatic rings. The minimum absolute atomic E-state index is 0.261. The van der Waals surface area contributed by atoms with E-state index in [0.29, 0.717) is 11.4 Å². The summed E-state index contributed by atoms with van der Waals surface area (Å²) in [4.78, 5) is 29.0. The topological polar surface area (TPSA) is 71.8 Å². The van der Waals surface area contributed by atoms with Gasteiger partial charge in [0.2, 0.25) is 0 Å².